The maximum Gasteiger partial charge on any atom is 0.337 e. The van der Waals surface area contributed by atoms with Gasteiger partial charge in [0.2, 0.25) is 0 Å². The molecule has 5 nitrogen and oxygen atoms in total. The van der Waals surface area contributed by atoms with Crippen molar-refractivity contribution >= 4 is 28.6 Å². The molecule has 0 saturated carbocycles. The SMILES string of the molecule is O=C(O)c1cccc2nnn(-c3ccc(Cl)cc3F)c12. The lowest BCUT2D eigenvalue weighted by Gasteiger charge is -2.05. The van der Waals surface area contributed by atoms with Gasteiger partial charge in [-0.1, -0.05) is 22.9 Å². The number of fused-ring (bicyclic) bond motifs is 1. The van der Waals surface area contributed by atoms with Crippen molar-refractivity contribution in [3.63, 3.8) is 0 Å². The first-order valence-electron chi connectivity index (χ1n) is 5.61. The maximum absolute atomic E-state index is 14.0. The molecule has 1 N–H and O–H groups in total. The number of hydrogen-bond acceptors (Lipinski definition) is 3. The van der Waals surface area contributed by atoms with Crippen LogP contribution in [0.4, 0.5) is 4.39 Å². The van der Waals surface area contributed by atoms with Gasteiger partial charge in [0.1, 0.15) is 22.5 Å². The summed E-state index contributed by atoms with van der Waals surface area (Å²) in [5.41, 5.74) is 0.702. The Kier molecular flexibility index (Phi) is 2.87. The number of nitrogens with zero attached hydrogens (tertiary/aromatic N) is 3. The van der Waals surface area contributed by atoms with Crippen molar-refractivity contribution in [1.29, 1.82) is 0 Å². The quantitative estimate of drug-likeness (QED) is 0.788. The van der Waals surface area contributed by atoms with E-state index in [0.29, 0.717) is 5.52 Å². The van der Waals surface area contributed by atoms with Crippen LogP contribution in [0.15, 0.2) is 36.4 Å². The average molecular weight is 292 g/mol. The molecule has 0 spiro atoms. The number of hydrogen-bond donors (Lipinski definition) is 1. The highest BCUT2D eigenvalue weighted by Crippen LogP contribution is 2.23. The average Bonchev–Trinajstić information content (AvgIpc) is 2.82. The molecule has 7 heteroatoms. The third-order valence-electron chi connectivity index (χ3n) is 2.84. The molecule has 100 valence electrons. The van der Waals surface area contributed by atoms with Gasteiger partial charge < -0.3 is 5.11 Å². The van der Waals surface area contributed by atoms with Crippen LogP contribution >= 0.6 is 11.6 Å². The van der Waals surface area contributed by atoms with Crippen LogP contribution in [-0.2, 0) is 0 Å². The molecule has 0 aliphatic heterocycles. The Bertz CT molecular complexity index is 832. The van der Waals surface area contributed by atoms with Crippen molar-refractivity contribution in [3.8, 4) is 5.69 Å². The number of carbonyl (C=O) groups is 1. The summed E-state index contributed by atoms with van der Waals surface area (Å²) in [6.45, 7) is 0. The van der Waals surface area contributed by atoms with Gasteiger partial charge in [0.15, 0.2) is 0 Å². The number of carboxylic acids is 1. The predicted molar refractivity (Wildman–Crippen MR) is 70.8 cm³/mol. The molecule has 0 atom stereocenters. The van der Waals surface area contributed by atoms with Gasteiger partial charge in [-0.25, -0.2) is 13.9 Å². The van der Waals surface area contributed by atoms with Crippen LogP contribution in [0.1, 0.15) is 10.4 Å². The minimum Gasteiger partial charge on any atom is -0.478 e. The van der Waals surface area contributed by atoms with Gasteiger partial charge in [-0.05, 0) is 30.3 Å². The van der Waals surface area contributed by atoms with E-state index < -0.39 is 11.8 Å². The lowest BCUT2D eigenvalue weighted by atomic mass is 10.2. The van der Waals surface area contributed by atoms with E-state index in [1.807, 2.05) is 0 Å². The van der Waals surface area contributed by atoms with Gasteiger partial charge in [0.25, 0.3) is 0 Å². The van der Waals surface area contributed by atoms with E-state index in [9.17, 15) is 14.3 Å². The van der Waals surface area contributed by atoms with E-state index in [0.717, 1.165) is 10.7 Å². The Morgan fingerprint density at radius 3 is 2.80 bits per heavy atom. The molecule has 2 aromatic carbocycles. The van der Waals surface area contributed by atoms with Crippen LogP contribution in [0.2, 0.25) is 5.02 Å². The molecule has 3 aromatic rings. The molecule has 0 unspecified atom stereocenters. The van der Waals surface area contributed by atoms with Gasteiger partial charge in [-0.15, -0.1) is 5.10 Å². The molecule has 3 rings (SSSR count). The molecule has 0 saturated heterocycles. The summed E-state index contributed by atoms with van der Waals surface area (Å²) in [6, 6.07) is 8.63. The van der Waals surface area contributed by atoms with Crippen molar-refractivity contribution in [2.24, 2.45) is 0 Å². The highest BCUT2D eigenvalue weighted by molar-refractivity contribution is 6.30. The van der Waals surface area contributed by atoms with Crippen molar-refractivity contribution in [2.75, 3.05) is 0 Å². The van der Waals surface area contributed by atoms with E-state index in [1.54, 1.807) is 12.1 Å². The topological polar surface area (TPSA) is 68.0 Å². The van der Waals surface area contributed by atoms with Gasteiger partial charge >= 0.3 is 5.97 Å². The van der Waals surface area contributed by atoms with E-state index >= 15 is 0 Å². The Balaban J connectivity index is 2.34. The summed E-state index contributed by atoms with van der Waals surface area (Å²) < 4.78 is 15.1. The largest absolute Gasteiger partial charge is 0.478 e. The molecule has 0 aliphatic rings. The molecular weight excluding hydrogens is 285 g/mol. The fraction of sp³-hybridized carbons (Fsp3) is 0. The maximum atomic E-state index is 14.0. The number of aromatic carboxylic acids is 1. The summed E-state index contributed by atoms with van der Waals surface area (Å²) in [6.07, 6.45) is 0. The Hall–Kier alpha value is -2.47. The van der Waals surface area contributed by atoms with E-state index in [-0.39, 0.29) is 21.8 Å². The van der Waals surface area contributed by atoms with Crippen LogP contribution in [0, 0.1) is 5.82 Å². The van der Waals surface area contributed by atoms with Crippen molar-refractivity contribution < 1.29 is 14.3 Å². The second kappa shape index (κ2) is 4.57. The fourth-order valence-electron chi connectivity index (χ4n) is 1.97. The minimum atomic E-state index is -1.13. The van der Waals surface area contributed by atoms with Crippen LogP contribution in [-0.4, -0.2) is 26.1 Å². The predicted octanol–water partition coefficient (Wildman–Crippen LogP) is 2.91. The second-order valence-corrected chi connectivity index (χ2v) is 4.51. The van der Waals surface area contributed by atoms with Crippen LogP contribution in [0.25, 0.3) is 16.7 Å². The second-order valence-electron chi connectivity index (χ2n) is 4.08. The molecule has 0 fully saturated rings. The number of rotatable bonds is 2. The number of aromatic nitrogens is 3. The van der Waals surface area contributed by atoms with Crippen LogP contribution in [0.5, 0.6) is 0 Å². The summed E-state index contributed by atoms with van der Waals surface area (Å²) >= 11 is 5.70. The normalized spacial score (nSPS) is 10.9. The van der Waals surface area contributed by atoms with Gasteiger partial charge in [-0.2, -0.15) is 0 Å². The lowest BCUT2D eigenvalue weighted by molar-refractivity contribution is 0.0698. The Labute approximate surface area is 117 Å². The first-order chi connectivity index (χ1) is 9.58. The van der Waals surface area contributed by atoms with Crippen LogP contribution in [0.3, 0.4) is 0 Å². The Morgan fingerprint density at radius 1 is 1.30 bits per heavy atom. The molecule has 0 aliphatic carbocycles. The zero-order chi connectivity index (χ0) is 14.3. The minimum absolute atomic E-state index is 0.00171. The van der Waals surface area contributed by atoms with E-state index in [2.05, 4.69) is 10.3 Å². The summed E-state index contributed by atoms with van der Waals surface area (Å²) in [5.74, 6) is -1.74. The van der Waals surface area contributed by atoms with Crippen LogP contribution < -0.4 is 0 Å². The molecule has 20 heavy (non-hydrogen) atoms. The van der Waals surface area contributed by atoms with Crippen molar-refractivity contribution in [1.82, 2.24) is 15.0 Å². The molecule has 0 radical (unpaired) electrons. The third kappa shape index (κ3) is 1.90. The van der Waals surface area contributed by atoms with Crippen molar-refractivity contribution in [3.05, 3.63) is 52.8 Å². The smallest absolute Gasteiger partial charge is 0.337 e. The zero-order valence-electron chi connectivity index (χ0n) is 9.92. The summed E-state index contributed by atoms with van der Waals surface area (Å²) in [4.78, 5) is 11.3. The molecule has 1 aromatic heterocycles. The first-order valence-corrected chi connectivity index (χ1v) is 5.99. The first kappa shape index (κ1) is 12.6. The van der Waals surface area contributed by atoms with E-state index in [4.69, 9.17) is 11.6 Å². The van der Waals surface area contributed by atoms with Crippen molar-refractivity contribution in [2.45, 2.75) is 0 Å². The number of para-hydroxylation sites is 1. The Morgan fingerprint density at radius 2 is 2.10 bits per heavy atom. The molecule has 1 heterocycles. The lowest BCUT2D eigenvalue weighted by Crippen LogP contribution is -2.05. The zero-order valence-corrected chi connectivity index (χ0v) is 10.7. The summed E-state index contributed by atoms with van der Waals surface area (Å²) in [5, 5.41) is 17.1. The highest BCUT2D eigenvalue weighted by Gasteiger charge is 2.17. The number of carboxylic acid groups (broad SMARTS) is 1. The van der Waals surface area contributed by atoms with E-state index in [1.165, 1.54) is 18.2 Å². The molecular formula is C13H7ClFN3O2. The number of halogens is 2. The van der Waals surface area contributed by atoms with Gasteiger partial charge in [-0.3, -0.25) is 0 Å². The standard InChI is InChI=1S/C13H7ClFN3O2/c14-7-4-5-11(9(15)6-7)18-12-8(13(19)20)2-1-3-10(12)16-17-18/h1-6H,(H,19,20). The van der Waals surface area contributed by atoms with Gasteiger partial charge in [0.05, 0.1) is 5.56 Å². The van der Waals surface area contributed by atoms with Gasteiger partial charge in [0, 0.05) is 5.02 Å². The highest BCUT2D eigenvalue weighted by atomic mass is 35.5. The molecule has 0 bridgehead atoms. The third-order valence-corrected chi connectivity index (χ3v) is 3.07. The number of benzene rings is 2. The summed E-state index contributed by atoms with van der Waals surface area (Å²) in [7, 11) is 0. The molecule has 0 amide bonds. The fourth-order valence-corrected chi connectivity index (χ4v) is 2.13. The monoisotopic (exact) mass is 291 g/mol.